The number of hydrogen-bond acceptors (Lipinski definition) is 3. The number of aromatic nitrogens is 3. The number of carbonyl (C=O) groups excluding carboxylic acids is 1. The third-order valence-electron chi connectivity index (χ3n) is 5.64. The molecule has 0 unspecified atom stereocenters. The summed E-state index contributed by atoms with van der Waals surface area (Å²) in [5, 5.41) is 9.40. The molecular weight excluding hydrogens is 388 g/mol. The number of rotatable bonds is 6. The Hall–Kier alpha value is -2.31. The van der Waals surface area contributed by atoms with Crippen LogP contribution in [0.5, 0.6) is 0 Å². The smallest absolute Gasteiger partial charge is 0.226 e. The highest BCUT2D eigenvalue weighted by Gasteiger charge is 2.37. The monoisotopic (exact) mass is 414 g/mol. The maximum atomic E-state index is 12.9. The van der Waals surface area contributed by atoms with E-state index in [4.69, 9.17) is 16.3 Å². The van der Waals surface area contributed by atoms with Gasteiger partial charge < -0.3 is 14.6 Å². The van der Waals surface area contributed by atoms with Crippen LogP contribution in [-0.4, -0.2) is 33.4 Å². The van der Waals surface area contributed by atoms with Gasteiger partial charge in [0, 0.05) is 54.6 Å². The van der Waals surface area contributed by atoms with Gasteiger partial charge in [0.15, 0.2) is 0 Å². The first-order chi connectivity index (χ1) is 14.0. The van der Waals surface area contributed by atoms with Gasteiger partial charge in [0.05, 0.1) is 11.6 Å². The van der Waals surface area contributed by atoms with E-state index >= 15 is 0 Å². The summed E-state index contributed by atoms with van der Waals surface area (Å²) in [6.45, 7) is 5.35. The molecule has 0 spiro atoms. The first kappa shape index (κ1) is 20.0. The van der Waals surface area contributed by atoms with Crippen LogP contribution in [-0.2, 0) is 23.0 Å². The number of nitrogens with zero attached hydrogens (tertiary/aromatic N) is 3. The Morgan fingerprint density at radius 1 is 1.38 bits per heavy atom. The Kier molecular flexibility index (Phi) is 5.65. The minimum atomic E-state index is -0.236. The Morgan fingerprint density at radius 2 is 2.21 bits per heavy atom. The summed E-state index contributed by atoms with van der Waals surface area (Å²) in [5.41, 5.74) is 3.28. The van der Waals surface area contributed by atoms with Crippen molar-refractivity contribution in [1.29, 1.82) is 0 Å². The predicted octanol–water partition coefficient (Wildman–Crippen LogP) is 4.05. The maximum absolute atomic E-state index is 12.9. The van der Waals surface area contributed by atoms with Gasteiger partial charge in [-0.1, -0.05) is 17.7 Å². The van der Waals surface area contributed by atoms with Crippen molar-refractivity contribution < 1.29 is 9.53 Å². The van der Waals surface area contributed by atoms with Crippen molar-refractivity contribution in [3.8, 4) is 0 Å². The first-order valence-corrected chi connectivity index (χ1v) is 10.5. The summed E-state index contributed by atoms with van der Waals surface area (Å²) < 4.78 is 9.94. The number of benzene rings is 1. The van der Waals surface area contributed by atoms with E-state index < -0.39 is 0 Å². The molecular formula is C22H27ClN4O2. The number of hydrogen-bond donors (Lipinski definition) is 1. The van der Waals surface area contributed by atoms with Crippen molar-refractivity contribution in [2.24, 2.45) is 13.0 Å². The van der Waals surface area contributed by atoms with E-state index in [1.165, 1.54) is 10.9 Å². The molecule has 3 heterocycles. The molecule has 0 radical (unpaired) electrons. The van der Waals surface area contributed by atoms with Gasteiger partial charge in [0.1, 0.15) is 6.10 Å². The van der Waals surface area contributed by atoms with Crippen molar-refractivity contribution in [3.63, 3.8) is 0 Å². The summed E-state index contributed by atoms with van der Waals surface area (Å²) in [6, 6.07) is 8.11. The Bertz CT molecular complexity index is 1020. The Balaban J connectivity index is 1.41. The van der Waals surface area contributed by atoms with E-state index in [1.807, 2.05) is 36.0 Å². The maximum Gasteiger partial charge on any atom is 0.226 e. The third-order valence-corrected chi connectivity index (χ3v) is 5.87. The van der Waals surface area contributed by atoms with Crippen LogP contribution in [0, 0.1) is 5.92 Å². The van der Waals surface area contributed by atoms with Crippen LogP contribution in [0.1, 0.15) is 43.7 Å². The normalized spacial score (nSPS) is 19.3. The van der Waals surface area contributed by atoms with Crippen LogP contribution in [0.3, 0.4) is 0 Å². The van der Waals surface area contributed by atoms with Crippen LogP contribution in [0.4, 0.5) is 0 Å². The molecule has 0 bridgehead atoms. The zero-order valence-corrected chi connectivity index (χ0v) is 17.8. The van der Waals surface area contributed by atoms with Crippen LogP contribution in [0.2, 0.25) is 5.02 Å². The summed E-state index contributed by atoms with van der Waals surface area (Å²) in [4.78, 5) is 12.9. The number of fused-ring (bicyclic) bond motifs is 1. The lowest BCUT2D eigenvalue weighted by Gasteiger charge is -2.21. The molecule has 1 aliphatic rings. The molecule has 2 aromatic heterocycles. The zero-order valence-electron chi connectivity index (χ0n) is 17.1. The lowest BCUT2D eigenvalue weighted by Crippen LogP contribution is -2.34. The molecule has 7 heteroatoms. The fraction of sp³-hybridized carbons (Fsp3) is 0.455. The van der Waals surface area contributed by atoms with Crippen molar-refractivity contribution >= 4 is 28.4 Å². The molecule has 154 valence electrons. The topological polar surface area (TPSA) is 61.1 Å². The first-order valence-electron chi connectivity index (χ1n) is 10.1. The lowest BCUT2D eigenvalue weighted by molar-refractivity contribution is -0.126. The standard InChI is InChI=1S/C22H27ClN4O2/c1-14(2)27-19(7-10-25-27)21-18(8-11-29-21)22(28)24-9-6-15-13-26(3)20-12-16(23)4-5-17(15)20/h4-5,7,10,12-14,18,21H,6,8-9,11H2,1-3H3,(H,24,28)/t18-,21-/m0/s1. The number of halogens is 1. The number of aryl methyl sites for hydroxylation is 1. The highest BCUT2D eigenvalue weighted by Crippen LogP contribution is 2.35. The lowest BCUT2D eigenvalue weighted by atomic mass is 9.97. The molecule has 1 aromatic carbocycles. The fourth-order valence-electron chi connectivity index (χ4n) is 4.22. The second-order valence-electron chi connectivity index (χ2n) is 7.95. The van der Waals surface area contributed by atoms with E-state index in [9.17, 15) is 4.79 Å². The number of ether oxygens (including phenoxy) is 1. The van der Waals surface area contributed by atoms with Gasteiger partial charge in [0.2, 0.25) is 5.91 Å². The molecule has 1 saturated heterocycles. The highest BCUT2D eigenvalue weighted by atomic mass is 35.5. The van der Waals surface area contributed by atoms with Crippen molar-refractivity contribution in [3.05, 3.63) is 52.9 Å². The second-order valence-corrected chi connectivity index (χ2v) is 8.39. The van der Waals surface area contributed by atoms with E-state index in [1.54, 1.807) is 6.20 Å². The Labute approximate surface area is 175 Å². The van der Waals surface area contributed by atoms with Gasteiger partial charge in [-0.3, -0.25) is 9.48 Å². The van der Waals surface area contributed by atoms with Gasteiger partial charge in [0.25, 0.3) is 0 Å². The highest BCUT2D eigenvalue weighted by molar-refractivity contribution is 6.31. The van der Waals surface area contributed by atoms with E-state index in [0.717, 1.165) is 29.1 Å². The minimum absolute atomic E-state index is 0.0484. The van der Waals surface area contributed by atoms with Gasteiger partial charge in [-0.05, 0) is 50.5 Å². The molecule has 1 N–H and O–H groups in total. The average Bonchev–Trinajstić information content (AvgIpc) is 3.40. The number of carbonyl (C=O) groups is 1. The van der Waals surface area contributed by atoms with E-state index in [0.29, 0.717) is 13.2 Å². The second kappa shape index (κ2) is 8.20. The molecule has 3 aromatic rings. The average molecular weight is 415 g/mol. The molecule has 4 rings (SSSR count). The molecule has 6 nitrogen and oxygen atoms in total. The van der Waals surface area contributed by atoms with Gasteiger partial charge >= 0.3 is 0 Å². The van der Waals surface area contributed by atoms with Crippen LogP contribution in [0.15, 0.2) is 36.7 Å². The van der Waals surface area contributed by atoms with Crippen molar-refractivity contribution in [2.75, 3.05) is 13.2 Å². The van der Waals surface area contributed by atoms with Crippen LogP contribution < -0.4 is 5.32 Å². The molecule has 1 fully saturated rings. The molecule has 0 saturated carbocycles. The molecule has 1 aliphatic heterocycles. The van der Waals surface area contributed by atoms with Gasteiger partial charge in [-0.2, -0.15) is 5.10 Å². The zero-order chi connectivity index (χ0) is 20.5. The van der Waals surface area contributed by atoms with Crippen molar-refractivity contribution in [1.82, 2.24) is 19.7 Å². The largest absolute Gasteiger partial charge is 0.371 e. The van der Waals surface area contributed by atoms with Crippen molar-refractivity contribution in [2.45, 2.75) is 38.8 Å². The molecule has 1 amide bonds. The molecule has 2 atom stereocenters. The SMILES string of the molecule is CC(C)n1nccc1[C@H]1OCC[C@@H]1C(=O)NCCc1cn(C)c2cc(Cl)ccc12. The summed E-state index contributed by atoms with van der Waals surface area (Å²) in [6.07, 6.45) is 5.15. The molecule has 29 heavy (non-hydrogen) atoms. The van der Waals surface area contributed by atoms with E-state index in [2.05, 4.69) is 35.0 Å². The quantitative estimate of drug-likeness (QED) is 0.662. The summed E-state index contributed by atoms with van der Waals surface area (Å²) in [7, 11) is 2.01. The van der Waals surface area contributed by atoms with Gasteiger partial charge in [-0.25, -0.2) is 0 Å². The fourth-order valence-corrected chi connectivity index (χ4v) is 4.39. The summed E-state index contributed by atoms with van der Waals surface area (Å²) in [5.74, 6) is -0.136. The number of amides is 1. The van der Waals surface area contributed by atoms with Gasteiger partial charge in [-0.15, -0.1) is 0 Å². The van der Waals surface area contributed by atoms with Crippen LogP contribution >= 0.6 is 11.6 Å². The minimum Gasteiger partial charge on any atom is -0.371 e. The number of nitrogens with one attached hydrogen (secondary N) is 1. The predicted molar refractivity (Wildman–Crippen MR) is 114 cm³/mol. The molecule has 0 aliphatic carbocycles. The third kappa shape index (κ3) is 3.91. The Morgan fingerprint density at radius 3 is 3.00 bits per heavy atom. The summed E-state index contributed by atoms with van der Waals surface area (Å²) >= 11 is 6.12. The van der Waals surface area contributed by atoms with Crippen LogP contribution in [0.25, 0.3) is 10.9 Å². The van der Waals surface area contributed by atoms with E-state index in [-0.39, 0.29) is 24.0 Å².